The van der Waals surface area contributed by atoms with E-state index >= 15 is 0 Å². The zero-order valence-corrected chi connectivity index (χ0v) is 15.0. The van der Waals surface area contributed by atoms with E-state index in [4.69, 9.17) is 11.6 Å². The molecular weight excluding hydrogens is 362 g/mol. The molecule has 25 heavy (non-hydrogen) atoms. The maximum atomic E-state index is 12.2. The standard InChI is InChI=1S/C17H16ClN3O3S/c1-11-2-3-12-9-13(17(22)21-15(12)8-11)6-7-20-25(23,24)14-4-5-16(18)19-10-14/h2-5,8-10,20H,6-7H2,1H3,(H,21,22). The third-order valence-corrected chi connectivity index (χ3v) is 5.45. The molecule has 0 saturated carbocycles. The molecule has 8 heteroatoms. The molecule has 0 radical (unpaired) electrons. The maximum Gasteiger partial charge on any atom is 0.251 e. The third-order valence-electron chi connectivity index (χ3n) is 3.78. The van der Waals surface area contributed by atoms with Crippen LogP contribution < -0.4 is 10.3 Å². The second-order valence-corrected chi connectivity index (χ2v) is 7.83. The summed E-state index contributed by atoms with van der Waals surface area (Å²) < 4.78 is 26.8. The molecule has 3 rings (SSSR count). The minimum Gasteiger partial charge on any atom is -0.322 e. The van der Waals surface area contributed by atoms with Crippen molar-refractivity contribution in [1.29, 1.82) is 0 Å². The monoisotopic (exact) mass is 377 g/mol. The first-order chi connectivity index (χ1) is 11.8. The molecule has 6 nitrogen and oxygen atoms in total. The number of sulfonamides is 1. The third kappa shape index (κ3) is 4.07. The van der Waals surface area contributed by atoms with Gasteiger partial charge in [0.05, 0.1) is 0 Å². The fraction of sp³-hybridized carbons (Fsp3) is 0.176. The first-order valence-corrected chi connectivity index (χ1v) is 9.45. The van der Waals surface area contributed by atoms with Crippen molar-refractivity contribution < 1.29 is 8.42 Å². The molecular formula is C17H16ClN3O3S. The summed E-state index contributed by atoms with van der Waals surface area (Å²) >= 11 is 5.66. The van der Waals surface area contributed by atoms with Crippen molar-refractivity contribution in [3.63, 3.8) is 0 Å². The highest BCUT2D eigenvalue weighted by atomic mass is 35.5. The molecule has 0 atom stereocenters. The number of aryl methyl sites for hydroxylation is 1. The van der Waals surface area contributed by atoms with Crippen LogP contribution in [0.15, 0.2) is 52.3 Å². The summed E-state index contributed by atoms with van der Waals surface area (Å²) in [6.45, 7) is 2.05. The Balaban J connectivity index is 1.74. The predicted molar refractivity (Wildman–Crippen MR) is 97.4 cm³/mol. The predicted octanol–water partition coefficient (Wildman–Crippen LogP) is 2.41. The zero-order chi connectivity index (χ0) is 18.0. The van der Waals surface area contributed by atoms with Gasteiger partial charge < -0.3 is 4.98 Å². The largest absolute Gasteiger partial charge is 0.322 e. The molecule has 0 unspecified atom stereocenters. The second kappa shape index (κ2) is 6.95. The first kappa shape index (κ1) is 17.6. The number of halogens is 1. The van der Waals surface area contributed by atoms with E-state index in [0.29, 0.717) is 5.56 Å². The van der Waals surface area contributed by atoms with E-state index in [-0.39, 0.29) is 28.6 Å². The van der Waals surface area contributed by atoms with Gasteiger partial charge in [-0.3, -0.25) is 4.79 Å². The number of hydrogen-bond acceptors (Lipinski definition) is 4. The summed E-state index contributed by atoms with van der Waals surface area (Å²) in [5.41, 5.74) is 2.13. The minimum atomic E-state index is -3.69. The smallest absolute Gasteiger partial charge is 0.251 e. The average molecular weight is 378 g/mol. The lowest BCUT2D eigenvalue weighted by molar-refractivity contribution is 0.581. The normalized spacial score (nSPS) is 11.8. The molecule has 0 bridgehead atoms. The molecule has 2 N–H and O–H groups in total. The van der Waals surface area contributed by atoms with Crippen LogP contribution in [-0.4, -0.2) is 24.9 Å². The number of benzene rings is 1. The molecule has 0 aliphatic carbocycles. The quantitative estimate of drug-likeness (QED) is 0.668. The molecule has 0 fully saturated rings. The Kier molecular flexibility index (Phi) is 4.89. The van der Waals surface area contributed by atoms with E-state index in [1.807, 2.05) is 25.1 Å². The number of nitrogens with one attached hydrogen (secondary N) is 2. The summed E-state index contributed by atoms with van der Waals surface area (Å²) in [5, 5.41) is 1.13. The lowest BCUT2D eigenvalue weighted by Crippen LogP contribution is -2.27. The molecule has 2 heterocycles. The number of fused-ring (bicyclic) bond motifs is 1. The van der Waals surface area contributed by atoms with Crippen LogP contribution >= 0.6 is 11.6 Å². The fourth-order valence-corrected chi connectivity index (χ4v) is 3.56. The molecule has 0 aliphatic heterocycles. The van der Waals surface area contributed by atoms with Crippen molar-refractivity contribution in [3.8, 4) is 0 Å². The topological polar surface area (TPSA) is 91.9 Å². The first-order valence-electron chi connectivity index (χ1n) is 7.59. The van der Waals surface area contributed by atoms with Crippen molar-refractivity contribution in [2.75, 3.05) is 6.54 Å². The lowest BCUT2D eigenvalue weighted by Gasteiger charge is -2.07. The van der Waals surface area contributed by atoms with Crippen molar-refractivity contribution >= 4 is 32.5 Å². The van der Waals surface area contributed by atoms with Crippen LogP contribution in [0, 0.1) is 6.92 Å². The number of nitrogens with zero attached hydrogens (tertiary/aromatic N) is 1. The van der Waals surface area contributed by atoms with Crippen LogP contribution in [0.25, 0.3) is 10.9 Å². The van der Waals surface area contributed by atoms with Crippen LogP contribution in [0.3, 0.4) is 0 Å². The molecule has 0 amide bonds. The molecule has 0 spiro atoms. The Morgan fingerprint density at radius 1 is 1.20 bits per heavy atom. The summed E-state index contributed by atoms with van der Waals surface area (Å²) in [7, 11) is -3.69. The highest BCUT2D eigenvalue weighted by Crippen LogP contribution is 2.14. The van der Waals surface area contributed by atoms with Gasteiger partial charge in [-0.2, -0.15) is 0 Å². The minimum absolute atomic E-state index is 0.0276. The molecule has 0 aliphatic rings. The van der Waals surface area contributed by atoms with E-state index in [9.17, 15) is 13.2 Å². The van der Waals surface area contributed by atoms with Gasteiger partial charge in [-0.1, -0.05) is 23.7 Å². The summed E-state index contributed by atoms with van der Waals surface area (Å²) in [6, 6.07) is 10.4. The Labute approximate surface area is 149 Å². The average Bonchev–Trinajstić information content (AvgIpc) is 2.56. The number of hydrogen-bond donors (Lipinski definition) is 2. The highest BCUT2D eigenvalue weighted by molar-refractivity contribution is 7.89. The van der Waals surface area contributed by atoms with Gasteiger partial charge in [-0.15, -0.1) is 0 Å². The number of pyridine rings is 2. The number of H-pyrrole nitrogens is 1. The van der Waals surface area contributed by atoms with Gasteiger partial charge in [-0.25, -0.2) is 18.1 Å². The van der Waals surface area contributed by atoms with Crippen LogP contribution in [0.5, 0.6) is 0 Å². The van der Waals surface area contributed by atoms with E-state index < -0.39 is 10.0 Å². The van der Waals surface area contributed by atoms with Crippen molar-refractivity contribution in [2.45, 2.75) is 18.2 Å². The Hall–Kier alpha value is -2.22. The SMILES string of the molecule is Cc1ccc2cc(CCNS(=O)(=O)c3ccc(Cl)nc3)c(=O)[nH]c2c1. The number of aromatic amines is 1. The van der Waals surface area contributed by atoms with E-state index in [2.05, 4.69) is 14.7 Å². The van der Waals surface area contributed by atoms with E-state index in [1.54, 1.807) is 6.07 Å². The summed E-state index contributed by atoms with van der Waals surface area (Å²) in [4.78, 5) is 18.8. The van der Waals surface area contributed by atoms with Crippen LogP contribution in [0.1, 0.15) is 11.1 Å². The maximum absolute atomic E-state index is 12.2. The number of rotatable bonds is 5. The van der Waals surface area contributed by atoms with Gasteiger partial charge in [0.15, 0.2) is 0 Å². The fourth-order valence-electron chi connectivity index (χ4n) is 2.47. The van der Waals surface area contributed by atoms with Crippen molar-refractivity contribution in [3.05, 3.63) is 69.2 Å². The Bertz CT molecular complexity index is 1080. The Morgan fingerprint density at radius 3 is 2.72 bits per heavy atom. The molecule has 1 aromatic carbocycles. The van der Waals surface area contributed by atoms with Gasteiger partial charge in [-0.05, 0) is 48.6 Å². The van der Waals surface area contributed by atoms with Gasteiger partial charge >= 0.3 is 0 Å². The molecule has 2 aromatic heterocycles. The highest BCUT2D eigenvalue weighted by Gasteiger charge is 2.14. The zero-order valence-electron chi connectivity index (χ0n) is 13.4. The van der Waals surface area contributed by atoms with Crippen LogP contribution in [-0.2, 0) is 16.4 Å². The van der Waals surface area contributed by atoms with Crippen LogP contribution in [0.2, 0.25) is 5.15 Å². The van der Waals surface area contributed by atoms with Gasteiger partial charge in [0.1, 0.15) is 10.0 Å². The number of aromatic nitrogens is 2. The van der Waals surface area contributed by atoms with Crippen LogP contribution in [0.4, 0.5) is 0 Å². The van der Waals surface area contributed by atoms with E-state index in [0.717, 1.165) is 16.5 Å². The lowest BCUT2D eigenvalue weighted by atomic mass is 10.1. The summed E-state index contributed by atoms with van der Waals surface area (Å²) in [5.74, 6) is 0. The van der Waals surface area contributed by atoms with Crippen molar-refractivity contribution in [1.82, 2.24) is 14.7 Å². The molecule has 130 valence electrons. The van der Waals surface area contributed by atoms with Crippen molar-refractivity contribution in [2.24, 2.45) is 0 Å². The van der Waals surface area contributed by atoms with Gasteiger partial charge in [0, 0.05) is 23.8 Å². The Morgan fingerprint density at radius 2 is 2.00 bits per heavy atom. The van der Waals surface area contributed by atoms with Gasteiger partial charge in [0.2, 0.25) is 10.0 Å². The van der Waals surface area contributed by atoms with Gasteiger partial charge in [0.25, 0.3) is 5.56 Å². The van der Waals surface area contributed by atoms with E-state index in [1.165, 1.54) is 18.3 Å². The second-order valence-electron chi connectivity index (χ2n) is 5.68. The summed E-state index contributed by atoms with van der Waals surface area (Å²) in [6.07, 6.45) is 1.47. The molecule has 0 saturated heterocycles. The molecule has 3 aromatic rings.